The lowest BCUT2D eigenvalue weighted by Crippen LogP contribution is -2.36. The monoisotopic (exact) mass is 231 g/mol. The lowest BCUT2D eigenvalue weighted by atomic mass is 10.4. The van der Waals surface area contributed by atoms with Crippen molar-refractivity contribution in [1.29, 1.82) is 0 Å². The van der Waals surface area contributed by atoms with Crippen LogP contribution in [0.25, 0.3) is 0 Å². The molecule has 0 saturated carbocycles. The summed E-state index contributed by atoms with van der Waals surface area (Å²) in [5.74, 6) is -0.636. The van der Waals surface area contributed by atoms with Crippen LogP contribution in [0.1, 0.15) is 27.7 Å². The van der Waals surface area contributed by atoms with Gasteiger partial charge in [0, 0.05) is 0 Å². The van der Waals surface area contributed by atoms with Crippen LogP contribution < -0.4 is 0 Å². The summed E-state index contributed by atoms with van der Waals surface area (Å²) in [5.41, 5.74) is 0. The van der Waals surface area contributed by atoms with Gasteiger partial charge in [0.25, 0.3) is 0 Å². The average Bonchev–Trinajstić information content (AvgIpc) is 2.15. The molecule has 0 spiro atoms. The summed E-state index contributed by atoms with van der Waals surface area (Å²) in [4.78, 5) is 24.2. The summed E-state index contributed by atoms with van der Waals surface area (Å²) >= 11 is 0. The van der Waals surface area contributed by atoms with E-state index in [-0.39, 0.29) is 31.1 Å². The van der Waals surface area contributed by atoms with E-state index in [1.54, 1.807) is 25.7 Å². The summed E-state index contributed by atoms with van der Waals surface area (Å²) in [6.45, 7) is 8.41. The fourth-order valence-corrected chi connectivity index (χ4v) is 1.15. The first-order valence-corrected chi connectivity index (χ1v) is 5.57. The first kappa shape index (κ1) is 14.9. The summed E-state index contributed by atoms with van der Waals surface area (Å²) in [7, 11) is 0. The van der Waals surface area contributed by atoms with Gasteiger partial charge < -0.3 is 9.47 Å². The van der Waals surface area contributed by atoms with Crippen molar-refractivity contribution < 1.29 is 19.1 Å². The Kier molecular flexibility index (Phi) is 7.54. The topological polar surface area (TPSA) is 55.8 Å². The van der Waals surface area contributed by atoms with Crippen LogP contribution in [0, 0.1) is 0 Å². The molecule has 5 heteroatoms. The van der Waals surface area contributed by atoms with Crippen LogP contribution in [0.2, 0.25) is 0 Å². The smallest absolute Gasteiger partial charge is 0.320 e. The molecule has 0 atom stereocenters. The van der Waals surface area contributed by atoms with Crippen LogP contribution in [-0.2, 0) is 19.1 Å². The number of hydrogen-bond acceptors (Lipinski definition) is 5. The molecule has 0 rings (SSSR count). The molecule has 0 aliphatic rings. The number of ether oxygens (including phenoxy) is 2. The molecule has 0 aromatic carbocycles. The van der Waals surface area contributed by atoms with Crippen LogP contribution in [0.4, 0.5) is 0 Å². The zero-order valence-electron chi connectivity index (χ0n) is 10.5. The van der Waals surface area contributed by atoms with Gasteiger partial charge >= 0.3 is 11.9 Å². The lowest BCUT2D eigenvalue weighted by Gasteiger charge is -2.18. The van der Waals surface area contributed by atoms with E-state index in [9.17, 15) is 9.59 Å². The maximum Gasteiger partial charge on any atom is 0.320 e. The Bertz CT molecular complexity index is 228. The van der Waals surface area contributed by atoms with Crippen LogP contribution in [0.3, 0.4) is 0 Å². The van der Waals surface area contributed by atoms with Crippen molar-refractivity contribution in [2.45, 2.75) is 33.8 Å². The number of esters is 2. The third kappa shape index (κ3) is 7.23. The van der Waals surface area contributed by atoms with E-state index in [1.807, 2.05) is 6.92 Å². The Labute approximate surface area is 96.7 Å². The van der Waals surface area contributed by atoms with Gasteiger partial charge in [0.1, 0.15) is 0 Å². The van der Waals surface area contributed by atoms with Crippen LogP contribution in [-0.4, -0.2) is 49.2 Å². The fraction of sp³-hybridized carbons (Fsp3) is 0.818. The molecule has 94 valence electrons. The lowest BCUT2D eigenvalue weighted by molar-refractivity contribution is -0.150. The van der Waals surface area contributed by atoms with Gasteiger partial charge in [0.2, 0.25) is 0 Å². The quantitative estimate of drug-likeness (QED) is 0.607. The highest BCUT2D eigenvalue weighted by molar-refractivity contribution is 5.75. The molecule has 0 aromatic heterocycles. The summed E-state index contributed by atoms with van der Waals surface area (Å²) < 4.78 is 9.80. The maximum atomic E-state index is 11.3. The van der Waals surface area contributed by atoms with Gasteiger partial charge in [0.05, 0.1) is 25.8 Å². The molecule has 0 N–H and O–H groups in total. The van der Waals surface area contributed by atoms with Gasteiger partial charge in [-0.3, -0.25) is 14.5 Å². The van der Waals surface area contributed by atoms with Gasteiger partial charge in [-0.05, 0) is 27.3 Å². The van der Waals surface area contributed by atoms with E-state index in [0.717, 1.165) is 0 Å². The Morgan fingerprint density at radius 3 is 2.12 bits per heavy atom. The van der Waals surface area contributed by atoms with Crippen molar-refractivity contribution in [2.24, 2.45) is 0 Å². The summed E-state index contributed by atoms with van der Waals surface area (Å²) in [6, 6.07) is 0. The SMILES string of the molecule is CCOC(=O)CN(CC)CC(=O)OC(C)C. The largest absolute Gasteiger partial charge is 0.465 e. The van der Waals surface area contributed by atoms with Gasteiger partial charge in [0.15, 0.2) is 0 Å². The molecule has 0 aliphatic carbocycles. The van der Waals surface area contributed by atoms with Crippen molar-refractivity contribution in [2.75, 3.05) is 26.2 Å². The second-order valence-corrected chi connectivity index (χ2v) is 3.65. The first-order valence-electron chi connectivity index (χ1n) is 5.57. The van der Waals surface area contributed by atoms with Crippen molar-refractivity contribution >= 4 is 11.9 Å². The second kappa shape index (κ2) is 8.10. The normalized spacial score (nSPS) is 10.6. The molecule has 0 bridgehead atoms. The van der Waals surface area contributed by atoms with Crippen molar-refractivity contribution in [3.8, 4) is 0 Å². The molecule has 0 unspecified atom stereocenters. The standard InChI is InChI=1S/C11H21NO4/c1-5-12(7-10(13)15-6-2)8-11(14)16-9(3)4/h9H,5-8H2,1-4H3. The molecular weight excluding hydrogens is 210 g/mol. The van der Waals surface area contributed by atoms with Gasteiger partial charge in [-0.15, -0.1) is 0 Å². The zero-order valence-corrected chi connectivity index (χ0v) is 10.5. The van der Waals surface area contributed by atoms with E-state index >= 15 is 0 Å². The van der Waals surface area contributed by atoms with Crippen LogP contribution in [0.15, 0.2) is 0 Å². The molecule has 0 aliphatic heterocycles. The van der Waals surface area contributed by atoms with Gasteiger partial charge in [-0.1, -0.05) is 6.92 Å². The number of nitrogens with zero attached hydrogens (tertiary/aromatic N) is 1. The van der Waals surface area contributed by atoms with Crippen LogP contribution >= 0.6 is 0 Å². The first-order chi connectivity index (χ1) is 7.49. The zero-order chi connectivity index (χ0) is 12.6. The summed E-state index contributed by atoms with van der Waals surface area (Å²) in [5, 5.41) is 0. The average molecular weight is 231 g/mol. The minimum absolute atomic E-state index is 0.119. The highest BCUT2D eigenvalue weighted by Crippen LogP contribution is 1.95. The fourth-order valence-electron chi connectivity index (χ4n) is 1.15. The van der Waals surface area contributed by atoms with E-state index in [1.165, 1.54) is 0 Å². The molecule has 0 heterocycles. The van der Waals surface area contributed by atoms with E-state index in [0.29, 0.717) is 13.2 Å². The van der Waals surface area contributed by atoms with Crippen molar-refractivity contribution in [1.82, 2.24) is 4.90 Å². The molecule has 0 fully saturated rings. The molecule has 0 amide bonds. The minimum Gasteiger partial charge on any atom is -0.465 e. The number of carbonyl (C=O) groups is 2. The Morgan fingerprint density at radius 2 is 1.69 bits per heavy atom. The van der Waals surface area contributed by atoms with Crippen LogP contribution in [0.5, 0.6) is 0 Å². The maximum absolute atomic E-state index is 11.3. The predicted octanol–water partition coefficient (Wildman–Crippen LogP) is 0.823. The third-order valence-electron chi connectivity index (χ3n) is 1.83. The molecule has 0 radical (unpaired) electrons. The Balaban J connectivity index is 3.99. The van der Waals surface area contributed by atoms with E-state index in [4.69, 9.17) is 9.47 Å². The number of likely N-dealkylation sites (N-methyl/N-ethyl adjacent to an activating group) is 1. The van der Waals surface area contributed by atoms with Gasteiger partial charge in [-0.2, -0.15) is 0 Å². The predicted molar refractivity (Wildman–Crippen MR) is 60.0 cm³/mol. The number of hydrogen-bond donors (Lipinski definition) is 0. The van der Waals surface area contributed by atoms with Crippen molar-refractivity contribution in [3.05, 3.63) is 0 Å². The Hall–Kier alpha value is -1.10. The highest BCUT2D eigenvalue weighted by atomic mass is 16.5. The molecule has 0 saturated heterocycles. The van der Waals surface area contributed by atoms with Crippen molar-refractivity contribution in [3.63, 3.8) is 0 Å². The molecular formula is C11H21NO4. The molecule has 5 nitrogen and oxygen atoms in total. The number of rotatable bonds is 7. The third-order valence-corrected chi connectivity index (χ3v) is 1.83. The van der Waals surface area contributed by atoms with Gasteiger partial charge in [-0.25, -0.2) is 0 Å². The van der Waals surface area contributed by atoms with E-state index in [2.05, 4.69) is 0 Å². The number of carbonyl (C=O) groups excluding carboxylic acids is 2. The minimum atomic E-state index is -0.318. The van der Waals surface area contributed by atoms with E-state index < -0.39 is 0 Å². The molecule has 16 heavy (non-hydrogen) atoms. The second-order valence-electron chi connectivity index (χ2n) is 3.65. The molecule has 0 aromatic rings. The highest BCUT2D eigenvalue weighted by Gasteiger charge is 2.15. The summed E-state index contributed by atoms with van der Waals surface area (Å²) in [6.07, 6.45) is -0.131. The Morgan fingerprint density at radius 1 is 1.12 bits per heavy atom.